The van der Waals surface area contributed by atoms with Crippen LogP contribution in [0, 0.1) is 0 Å². The topological polar surface area (TPSA) is 237 Å². The fourth-order valence-corrected chi connectivity index (χ4v) is 11.8. The second-order valence-corrected chi connectivity index (χ2v) is 28.5. The third kappa shape index (κ3) is 69.0. The van der Waals surface area contributed by atoms with Crippen molar-refractivity contribution in [2.45, 2.75) is 354 Å². The zero-order valence-corrected chi connectivity index (χ0v) is 62.6. The van der Waals surface area contributed by atoms with Gasteiger partial charge in [-0.15, -0.1) is 0 Å². The van der Waals surface area contributed by atoms with Gasteiger partial charge in [-0.25, -0.2) is 9.13 Å². The maximum absolute atomic E-state index is 13.1. The van der Waals surface area contributed by atoms with Crippen molar-refractivity contribution in [1.29, 1.82) is 0 Å². The second-order valence-electron chi connectivity index (χ2n) is 25.6. The van der Waals surface area contributed by atoms with E-state index >= 15 is 0 Å². The zero-order valence-electron chi connectivity index (χ0n) is 60.8. The lowest BCUT2D eigenvalue weighted by Gasteiger charge is -2.21. The number of esters is 4. The van der Waals surface area contributed by atoms with Crippen LogP contribution in [-0.4, -0.2) is 96.7 Å². The number of allylic oxidation sites excluding steroid dienone is 12. The number of phosphoric acid groups is 2. The highest BCUT2D eigenvalue weighted by molar-refractivity contribution is 7.47. The van der Waals surface area contributed by atoms with Crippen LogP contribution in [0.5, 0.6) is 0 Å². The number of aliphatic hydroxyl groups excluding tert-OH is 1. The van der Waals surface area contributed by atoms with Gasteiger partial charge in [0.1, 0.15) is 19.3 Å². The van der Waals surface area contributed by atoms with E-state index in [0.717, 1.165) is 161 Å². The summed E-state index contributed by atoms with van der Waals surface area (Å²) in [5.74, 6) is -2.21. The minimum atomic E-state index is -4.97. The Balaban J connectivity index is 5.36. The molecule has 3 N–H and O–H groups in total. The Labute approximate surface area is 583 Å². The average Bonchev–Trinajstić information content (AvgIpc) is 1.29. The Hall–Kier alpha value is -3.50. The Bertz CT molecular complexity index is 2110. The van der Waals surface area contributed by atoms with Crippen LogP contribution in [-0.2, 0) is 65.4 Å². The van der Waals surface area contributed by atoms with E-state index < -0.39 is 97.5 Å². The van der Waals surface area contributed by atoms with E-state index in [9.17, 15) is 43.2 Å². The maximum atomic E-state index is 13.1. The summed E-state index contributed by atoms with van der Waals surface area (Å²) in [5.41, 5.74) is 0. The van der Waals surface area contributed by atoms with E-state index in [0.29, 0.717) is 25.7 Å². The molecule has 0 radical (unpaired) electrons. The highest BCUT2D eigenvalue weighted by atomic mass is 31.2. The molecule has 2 unspecified atom stereocenters. The lowest BCUT2D eigenvalue weighted by Crippen LogP contribution is -2.30. The van der Waals surface area contributed by atoms with Crippen molar-refractivity contribution >= 4 is 39.5 Å². The summed E-state index contributed by atoms with van der Waals surface area (Å²) in [6.07, 6.45) is 68.8. The number of ether oxygens (including phenoxy) is 4. The molecule has 0 aromatic heterocycles. The summed E-state index contributed by atoms with van der Waals surface area (Å²) in [6, 6.07) is 0. The molecule has 17 nitrogen and oxygen atoms in total. The van der Waals surface area contributed by atoms with Crippen molar-refractivity contribution in [2.75, 3.05) is 39.6 Å². The molecule has 0 aliphatic heterocycles. The molecule has 0 amide bonds. The number of hydrogen-bond donors (Lipinski definition) is 3. The van der Waals surface area contributed by atoms with Crippen molar-refractivity contribution in [3.63, 3.8) is 0 Å². The van der Waals surface area contributed by atoms with Crippen LogP contribution in [0.4, 0.5) is 0 Å². The second kappa shape index (κ2) is 70.0. The summed E-state index contributed by atoms with van der Waals surface area (Å²) in [5, 5.41) is 10.6. The predicted molar refractivity (Wildman–Crippen MR) is 390 cm³/mol. The van der Waals surface area contributed by atoms with Gasteiger partial charge in [0, 0.05) is 25.7 Å². The molecule has 0 saturated heterocycles. The molecular formula is C77H138O17P2. The molecule has 0 aromatic rings. The van der Waals surface area contributed by atoms with Crippen LogP contribution in [0.1, 0.15) is 336 Å². The van der Waals surface area contributed by atoms with Gasteiger partial charge in [-0.3, -0.25) is 37.3 Å². The Kier molecular flexibility index (Phi) is 67.4. The molecule has 96 heavy (non-hydrogen) atoms. The minimum Gasteiger partial charge on any atom is -0.462 e. The highest BCUT2D eigenvalue weighted by Gasteiger charge is 2.30. The van der Waals surface area contributed by atoms with Crippen LogP contribution in [0.3, 0.4) is 0 Å². The standard InChI is InChI=1S/C77H138O17P2/c1-5-9-13-17-21-25-29-33-35-39-42-46-50-54-58-62-75(80)88-68-72(93-76(81)63-59-55-51-47-43-38-32-28-24-20-16-12-8-4)69-91-95(83,84)89-65-71(78)66-90-96(85,86)92-70-73(67-87-74(79)61-57-53-49-45-41-37-31-27-23-19-15-11-7-3)94-77(82)64-60-56-52-48-44-40-36-34-30-26-22-18-14-10-6-2/h22,25-29,31-36,71-73,78H,5-21,23-24,30,37-70H2,1-4H3,(H,83,84)(H,85,86)/b26-22-,29-25-,31-27-,32-28-,35-33-,36-34-/t71-,72+,73+/m0/s1. The molecule has 0 saturated carbocycles. The third-order valence-electron chi connectivity index (χ3n) is 16.1. The van der Waals surface area contributed by atoms with E-state index in [1.807, 2.05) is 0 Å². The van der Waals surface area contributed by atoms with Gasteiger partial charge in [0.15, 0.2) is 12.2 Å². The molecule has 0 spiro atoms. The lowest BCUT2D eigenvalue weighted by molar-refractivity contribution is -0.161. The van der Waals surface area contributed by atoms with Gasteiger partial charge >= 0.3 is 39.5 Å². The van der Waals surface area contributed by atoms with Crippen LogP contribution < -0.4 is 0 Å². The first-order chi connectivity index (χ1) is 46.7. The quantitative estimate of drug-likeness (QED) is 0.0128. The molecule has 0 fully saturated rings. The van der Waals surface area contributed by atoms with E-state index in [4.69, 9.17) is 37.0 Å². The van der Waals surface area contributed by atoms with Crippen molar-refractivity contribution in [3.8, 4) is 0 Å². The van der Waals surface area contributed by atoms with Crippen LogP contribution in [0.2, 0.25) is 0 Å². The summed E-state index contributed by atoms with van der Waals surface area (Å²) in [6.45, 7) is 4.78. The van der Waals surface area contributed by atoms with Gasteiger partial charge in [0.05, 0.1) is 26.4 Å². The molecular weight excluding hydrogens is 1260 g/mol. The number of unbranched alkanes of at least 4 members (excludes halogenated alkanes) is 35. The fourth-order valence-electron chi connectivity index (χ4n) is 10.2. The normalized spacial score (nSPS) is 14.4. The number of hydrogen-bond acceptors (Lipinski definition) is 15. The van der Waals surface area contributed by atoms with Gasteiger partial charge in [0.2, 0.25) is 0 Å². The molecule has 0 aliphatic carbocycles. The SMILES string of the molecule is CCCCC/C=C\C/C=C\CCCCCCCC(=O)O[C@H](COC(=O)CCCCCCC/C=C\CCCCCC)COP(=O)(O)OC[C@@H](O)COP(=O)(O)OC[C@@H](COC(=O)CCCCCCC/C=C\C=C/CCCCCC)OC(=O)CCCCCCC/C=C\CCCCCC. The number of phosphoric ester groups is 2. The summed E-state index contributed by atoms with van der Waals surface area (Å²) in [7, 11) is -9.95. The Morgan fingerprint density at radius 1 is 0.302 bits per heavy atom. The first-order valence-electron chi connectivity index (χ1n) is 38.2. The van der Waals surface area contributed by atoms with E-state index in [1.54, 1.807) is 0 Å². The third-order valence-corrected chi connectivity index (χ3v) is 18.0. The highest BCUT2D eigenvalue weighted by Crippen LogP contribution is 2.45. The summed E-state index contributed by atoms with van der Waals surface area (Å²) >= 11 is 0. The molecule has 19 heteroatoms. The minimum absolute atomic E-state index is 0.0794. The molecule has 0 heterocycles. The number of rotatable bonds is 72. The lowest BCUT2D eigenvalue weighted by atomic mass is 10.1. The zero-order chi connectivity index (χ0) is 70.4. The molecule has 0 rings (SSSR count). The van der Waals surface area contributed by atoms with Gasteiger partial charge in [-0.2, -0.15) is 0 Å². The Morgan fingerprint density at radius 2 is 0.542 bits per heavy atom. The van der Waals surface area contributed by atoms with Gasteiger partial charge in [-0.1, -0.05) is 248 Å². The van der Waals surface area contributed by atoms with Crippen LogP contribution in [0.25, 0.3) is 0 Å². The summed E-state index contributed by atoms with van der Waals surface area (Å²) in [4.78, 5) is 72.8. The maximum Gasteiger partial charge on any atom is 0.472 e. The number of carbonyl (C=O) groups is 4. The molecule has 0 aliphatic rings. The molecule has 5 atom stereocenters. The summed E-state index contributed by atoms with van der Waals surface area (Å²) < 4.78 is 68.4. The van der Waals surface area contributed by atoms with Crippen molar-refractivity contribution in [1.82, 2.24) is 0 Å². The monoisotopic (exact) mass is 1400 g/mol. The molecule has 0 aromatic carbocycles. The largest absolute Gasteiger partial charge is 0.472 e. The average molecular weight is 1400 g/mol. The van der Waals surface area contributed by atoms with E-state index in [-0.39, 0.29) is 25.7 Å². The van der Waals surface area contributed by atoms with E-state index in [2.05, 4.69) is 101 Å². The van der Waals surface area contributed by atoms with Crippen molar-refractivity contribution < 1.29 is 80.2 Å². The first kappa shape index (κ1) is 92.5. The van der Waals surface area contributed by atoms with Crippen molar-refractivity contribution in [2.24, 2.45) is 0 Å². The van der Waals surface area contributed by atoms with Crippen LogP contribution >= 0.6 is 15.6 Å². The predicted octanol–water partition coefficient (Wildman–Crippen LogP) is 21.7. The number of carbonyl (C=O) groups excluding carboxylic acids is 4. The van der Waals surface area contributed by atoms with Crippen molar-refractivity contribution in [3.05, 3.63) is 72.9 Å². The Morgan fingerprint density at radius 3 is 0.865 bits per heavy atom. The van der Waals surface area contributed by atoms with Gasteiger partial charge in [-0.05, 0) is 135 Å². The fraction of sp³-hybridized carbons (Fsp3) is 0.792. The smallest absolute Gasteiger partial charge is 0.462 e. The van der Waals surface area contributed by atoms with Crippen LogP contribution in [0.15, 0.2) is 72.9 Å². The van der Waals surface area contributed by atoms with Gasteiger partial charge < -0.3 is 33.8 Å². The van der Waals surface area contributed by atoms with Gasteiger partial charge in [0.25, 0.3) is 0 Å². The number of aliphatic hydroxyl groups is 1. The first-order valence-corrected chi connectivity index (χ1v) is 41.2. The van der Waals surface area contributed by atoms with E-state index in [1.165, 1.54) is 96.3 Å². The molecule has 558 valence electrons. The molecule has 0 bridgehead atoms.